The van der Waals surface area contributed by atoms with Gasteiger partial charge in [0.1, 0.15) is 18.1 Å². The Kier molecular flexibility index (Phi) is 8.06. The minimum Gasteiger partial charge on any atom is -0.493 e. The zero-order valence-corrected chi connectivity index (χ0v) is 21.5. The number of nitrogens with zero attached hydrogens (tertiary/aromatic N) is 1. The van der Waals surface area contributed by atoms with Crippen LogP contribution in [0.25, 0.3) is 0 Å². The van der Waals surface area contributed by atoms with Crippen molar-refractivity contribution in [2.75, 3.05) is 13.2 Å². The molecule has 1 N–H and O–H groups in total. The van der Waals surface area contributed by atoms with E-state index in [0.717, 1.165) is 18.4 Å². The van der Waals surface area contributed by atoms with Crippen LogP contribution in [0, 0.1) is 0 Å². The first-order valence-electron chi connectivity index (χ1n) is 12.2. The van der Waals surface area contributed by atoms with Crippen LogP contribution in [0.1, 0.15) is 92.9 Å². The molecule has 1 aliphatic rings. The number of alkyl halides is 3. The molecule has 36 heavy (non-hydrogen) atoms. The molecule has 2 aromatic carbocycles. The van der Waals surface area contributed by atoms with Gasteiger partial charge in [0.25, 0.3) is 0 Å². The smallest absolute Gasteiger partial charge is 0.389 e. The molecule has 1 aliphatic carbocycles. The lowest BCUT2D eigenvalue weighted by Crippen LogP contribution is -2.34. The largest absolute Gasteiger partial charge is 0.493 e. The van der Waals surface area contributed by atoms with E-state index >= 15 is 0 Å². The highest BCUT2D eigenvalue weighted by Crippen LogP contribution is 2.48. The van der Waals surface area contributed by atoms with Gasteiger partial charge in [0.05, 0.1) is 12.2 Å². The van der Waals surface area contributed by atoms with Crippen molar-refractivity contribution in [3.8, 4) is 5.75 Å². The Morgan fingerprint density at radius 3 is 2.08 bits per heavy atom. The standard InChI is InChI=1S/C28H34F3NO4/c1-6-35-23-17-22-21(26(2,3)13-14-27(22,4)5)16-20(23)24(32-36-15-7-12-28(29,30)31)18-8-10-19(11-9-18)25(33)34/h8-11,16-17H,6-7,12-15H2,1-5H3,(H,33,34)/b32-24+. The average molecular weight is 506 g/mol. The predicted octanol–water partition coefficient (Wildman–Crippen LogP) is 7.24. The van der Waals surface area contributed by atoms with Gasteiger partial charge in [0.15, 0.2) is 0 Å². The molecule has 3 rings (SSSR count). The van der Waals surface area contributed by atoms with Gasteiger partial charge in [-0.25, -0.2) is 4.79 Å². The third kappa shape index (κ3) is 6.39. The zero-order valence-electron chi connectivity index (χ0n) is 21.5. The predicted molar refractivity (Wildman–Crippen MR) is 133 cm³/mol. The lowest BCUT2D eigenvalue weighted by atomic mass is 9.62. The van der Waals surface area contributed by atoms with E-state index in [1.807, 2.05) is 19.1 Å². The van der Waals surface area contributed by atoms with Crippen molar-refractivity contribution in [1.29, 1.82) is 0 Å². The van der Waals surface area contributed by atoms with E-state index in [1.165, 1.54) is 17.7 Å². The number of halogens is 3. The molecule has 0 unspecified atom stereocenters. The average Bonchev–Trinajstić information content (AvgIpc) is 2.79. The number of carbonyl (C=O) groups is 1. The van der Waals surface area contributed by atoms with E-state index in [1.54, 1.807) is 12.1 Å². The second-order valence-corrected chi connectivity index (χ2v) is 10.5. The Morgan fingerprint density at radius 1 is 1.00 bits per heavy atom. The Balaban J connectivity index is 2.12. The van der Waals surface area contributed by atoms with Gasteiger partial charge in [-0.2, -0.15) is 13.2 Å². The third-order valence-corrected chi connectivity index (χ3v) is 6.76. The summed E-state index contributed by atoms with van der Waals surface area (Å²) in [6, 6.07) is 10.2. The first-order valence-corrected chi connectivity index (χ1v) is 12.2. The summed E-state index contributed by atoms with van der Waals surface area (Å²) in [5, 5.41) is 13.5. The number of carboxylic acids is 1. The van der Waals surface area contributed by atoms with Gasteiger partial charge >= 0.3 is 12.1 Å². The monoisotopic (exact) mass is 505 g/mol. The molecule has 0 atom stereocenters. The Labute approximate surface area is 210 Å². The van der Waals surface area contributed by atoms with E-state index in [2.05, 4.69) is 32.9 Å². The Hall–Kier alpha value is -3.03. The van der Waals surface area contributed by atoms with Crippen molar-refractivity contribution in [1.82, 2.24) is 0 Å². The van der Waals surface area contributed by atoms with Crippen molar-refractivity contribution < 1.29 is 32.6 Å². The molecule has 5 nitrogen and oxygen atoms in total. The third-order valence-electron chi connectivity index (χ3n) is 6.76. The van der Waals surface area contributed by atoms with Crippen LogP contribution in [0.5, 0.6) is 5.75 Å². The first-order chi connectivity index (χ1) is 16.7. The van der Waals surface area contributed by atoms with E-state index in [4.69, 9.17) is 9.57 Å². The molecular formula is C28H34F3NO4. The van der Waals surface area contributed by atoms with Crippen LogP contribution in [0.3, 0.4) is 0 Å². The molecule has 0 amide bonds. The highest BCUT2D eigenvalue weighted by atomic mass is 19.4. The molecule has 8 heteroatoms. The number of oxime groups is 1. The molecule has 0 radical (unpaired) electrons. The topological polar surface area (TPSA) is 68.1 Å². The summed E-state index contributed by atoms with van der Waals surface area (Å²) in [5.74, 6) is -0.460. The highest BCUT2D eigenvalue weighted by molar-refractivity contribution is 6.14. The maximum Gasteiger partial charge on any atom is 0.389 e. The Bertz CT molecular complexity index is 1120. The van der Waals surface area contributed by atoms with Crippen LogP contribution in [0.2, 0.25) is 0 Å². The summed E-state index contributed by atoms with van der Waals surface area (Å²) in [6.45, 7) is 10.9. The highest BCUT2D eigenvalue weighted by Gasteiger charge is 2.38. The molecule has 0 aromatic heterocycles. The summed E-state index contributed by atoms with van der Waals surface area (Å²) in [7, 11) is 0. The van der Waals surface area contributed by atoms with E-state index < -0.39 is 18.6 Å². The lowest BCUT2D eigenvalue weighted by molar-refractivity contribution is -0.137. The van der Waals surface area contributed by atoms with Crippen LogP contribution in [0.4, 0.5) is 13.2 Å². The fourth-order valence-corrected chi connectivity index (χ4v) is 4.53. The second kappa shape index (κ2) is 10.5. The summed E-state index contributed by atoms with van der Waals surface area (Å²) >= 11 is 0. The van der Waals surface area contributed by atoms with Crippen LogP contribution in [-0.4, -0.2) is 36.2 Å². The van der Waals surface area contributed by atoms with Gasteiger partial charge in [-0.3, -0.25) is 0 Å². The summed E-state index contributed by atoms with van der Waals surface area (Å²) in [5.41, 5.74) is 3.92. The van der Waals surface area contributed by atoms with Crippen molar-refractivity contribution in [2.45, 2.75) is 77.3 Å². The summed E-state index contributed by atoms with van der Waals surface area (Å²) in [6.07, 6.45) is -3.42. The number of hydrogen-bond acceptors (Lipinski definition) is 4. The quantitative estimate of drug-likeness (QED) is 0.222. The molecule has 196 valence electrons. The number of carboxylic acid groups (broad SMARTS) is 1. The van der Waals surface area contributed by atoms with Crippen molar-refractivity contribution in [2.24, 2.45) is 5.16 Å². The maximum absolute atomic E-state index is 12.6. The van der Waals surface area contributed by atoms with Crippen molar-refractivity contribution >= 4 is 11.7 Å². The van der Waals surface area contributed by atoms with Gasteiger partial charge in [-0.1, -0.05) is 45.0 Å². The second-order valence-electron chi connectivity index (χ2n) is 10.5. The molecule has 0 bridgehead atoms. The van der Waals surface area contributed by atoms with E-state index in [9.17, 15) is 23.1 Å². The maximum atomic E-state index is 12.6. The molecule has 2 aromatic rings. The summed E-state index contributed by atoms with van der Waals surface area (Å²) in [4.78, 5) is 16.7. The van der Waals surface area contributed by atoms with Gasteiger partial charge in [-0.05, 0) is 72.4 Å². The number of benzene rings is 2. The van der Waals surface area contributed by atoms with Crippen molar-refractivity contribution in [3.63, 3.8) is 0 Å². The van der Waals surface area contributed by atoms with E-state index in [-0.39, 0.29) is 29.4 Å². The fraction of sp³-hybridized carbons (Fsp3) is 0.500. The molecule has 0 fully saturated rings. The molecule has 0 spiro atoms. The van der Waals surface area contributed by atoms with Crippen LogP contribution in [0.15, 0.2) is 41.6 Å². The van der Waals surface area contributed by atoms with Gasteiger partial charge < -0.3 is 14.7 Å². The lowest BCUT2D eigenvalue weighted by Gasteiger charge is -2.42. The number of ether oxygens (including phenoxy) is 1. The van der Waals surface area contributed by atoms with Crippen molar-refractivity contribution in [3.05, 3.63) is 64.2 Å². The SMILES string of the molecule is CCOc1cc2c(cc1/C(=N/OCCCC(F)(F)F)c1ccc(C(=O)O)cc1)C(C)(C)CCC2(C)C. The fourth-order valence-electron chi connectivity index (χ4n) is 4.53. The number of hydrogen-bond donors (Lipinski definition) is 1. The van der Waals surface area contributed by atoms with Crippen LogP contribution >= 0.6 is 0 Å². The normalized spacial score (nSPS) is 16.8. The van der Waals surface area contributed by atoms with Crippen LogP contribution < -0.4 is 4.74 Å². The molecule has 0 heterocycles. The van der Waals surface area contributed by atoms with Gasteiger partial charge in [0, 0.05) is 17.5 Å². The number of rotatable bonds is 9. The zero-order chi connectivity index (χ0) is 26.7. The molecule has 0 saturated carbocycles. The molecular weight excluding hydrogens is 471 g/mol. The minimum atomic E-state index is -4.26. The molecule has 0 saturated heterocycles. The van der Waals surface area contributed by atoms with Crippen LogP contribution in [-0.2, 0) is 15.7 Å². The summed E-state index contributed by atoms with van der Waals surface area (Å²) < 4.78 is 43.7. The van der Waals surface area contributed by atoms with E-state index in [0.29, 0.717) is 29.2 Å². The number of fused-ring (bicyclic) bond motifs is 1. The minimum absolute atomic E-state index is 0.0518. The first kappa shape index (κ1) is 27.6. The number of aromatic carboxylic acids is 1. The van der Waals surface area contributed by atoms with Gasteiger partial charge in [-0.15, -0.1) is 0 Å². The Morgan fingerprint density at radius 2 is 1.56 bits per heavy atom. The van der Waals surface area contributed by atoms with Gasteiger partial charge in [0.2, 0.25) is 0 Å². The molecule has 0 aliphatic heterocycles.